The number of thioether (sulfide) groups is 1. The molecule has 4 rings (SSSR count). The second kappa shape index (κ2) is 7.96. The largest absolute Gasteiger partial charge is 0.454 e. The highest BCUT2D eigenvalue weighted by Gasteiger charge is 2.20. The van der Waals surface area contributed by atoms with Crippen molar-refractivity contribution < 1.29 is 23.5 Å². The minimum absolute atomic E-state index is 0.0537. The molecule has 9 heteroatoms. The molecule has 0 unspecified atom stereocenters. The van der Waals surface area contributed by atoms with Gasteiger partial charge in [0.2, 0.25) is 12.7 Å². The van der Waals surface area contributed by atoms with Gasteiger partial charge in [0.05, 0.1) is 17.1 Å². The van der Waals surface area contributed by atoms with E-state index in [0.29, 0.717) is 33.6 Å². The minimum atomic E-state index is -0.357. The van der Waals surface area contributed by atoms with Crippen LogP contribution in [0.1, 0.15) is 17.3 Å². The second-order valence-electron chi connectivity index (χ2n) is 6.20. The smallest absolute Gasteiger partial charge is 0.234 e. The summed E-state index contributed by atoms with van der Waals surface area (Å²) in [5, 5.41) is 3.28. The number of carbonyl (C=O) groups excluding carboxylic acids is 2. The molecule has 0 fully saturated rings. The number of rotatable bonds is 6. The van der Waals surface area contributed by atoms with Crippen LogP contribution in [0.4, 0.5) is 10.1 Å². The van der Waals surface area contributed by atoms with Gasteiger partial charge in [-0.3, -0.25) is 14.2 Å². The van der Waals surface area contributed by atoms with E-state index in [0.717, 1.165) is 0 Å². The van der Waals surface area contributed by atoms with Crippen LogP contribution in [0.15, 0.2) is 53.9 Å². The first kappa shape index (κ1) is 19.0. The van der Waals surface area contributed by atoms with Crippen molar-refractivity contribution >= 4 is 29.1 Å². The number of ether oxygens (including phenoxy) is 2. The molecule has 1 aliphatic rings. The maximum absolute atomic E-state index is 13.5. The molecule has 0 bridgehead atoms. The molecule has 3 aromatic rings. The zero-order chi connectivity index (χ0) is 20.4. The van der Waals surface area contributed by atoms with Crippen LogP contribution < -0.4 is 14.8 Å². The van der Waals surface area contributed by atoms with Gasteiger partial charge in [-0.2, -0.15) is 0 Å². The van der Waals surface area contributed by atoms with E-state index in [2.05, 4.69) is 10.3 Å². The Hall–Kier alpha value is -3.33. The third-order valence-corrected chi connectivity index (χ3v) is 5.16. The molecule has 148 valence electrons. The van der Waals surface area contributed by atoms with Crippen molar-refractivity contribution in [2.45, 2.75) is 12.1 Å². The minimum Gasteiger partial charge on any atom is -0.454 e. The first-order valence-corrected chi connectivity index (χ1v) is 9.66. The van der Waals surface area contributed by atoms with Gasteiger partial charge in [-0.1, -0.05) is 17.8 Å². The summed E-state index contributed by atoms with van der Waals surface area (Å²) >= 11 is 1.20. The summed E-state index contributed by atoms with van der Waals surface area (Å²) < 4.78 is 25.8. The SMILES string of the molecule is CC(=O)c1cc2c(cc1NC(=O)CSc1nccn1-c1cccc(F)c1)OCO2. The summed E-state index contributed by atoms with van der Waals surface area (Å²) in [6, 6.07) is 9.24. The van der Waals surface area contributed by atoms with E-state index in [1.807, 2.05) is 0 Å². The quantitative estimate of drug-likeness (QED) is 0.490. The number of nitrogens with one attached hydrogen (secondary N) is 1. The standard InChI is InChI=1S/C20H16FN3O4S/c1-12(25)15-8-17-18(28-11-27-17)9-16(15)23-19(26)10-29-20-22-5-6-24(20)14-4-2-3-13(21)7-14/h2-9H,10-11H2,1H3,(H,23,26). The van der Waals surface area contributed by atoms with Gasteiger partial charge in [0.25, 0.3) is 0 Å². The number of halogens is 1. The van der Waals surface area contributed by atoms with Gasteiger partial charge in [0.1, 0.15) is 5.82 Å². The number of aromatic nitrogens is 2. The van der Waals surface area contributed by atoms with Crippen LogP contribution in [0.2, 0.25) is 0 Å². The summed E-state index contributed by atoms with van der Waals surface area (Å²) in [4.78, 5) is 28.6. The maximum Gasteiger partial charge on any atom is 0.234 e. The Morgan fingerprint density at radius 3 is 2.79 bits per heavy atom. The van der Waals surface area contributed by atoms with Crippen molar-refractivity contribution in [2.75, 3.05) is 17.9 Å². The normalized spacial score (nSPS) is 12.1. The molecular formula is C20H16FN3O4S. The first-order chi connectivity index (χ1) is 14.0. The highest BCUT2D eigenvalue weighted by atomic mass is 32.2. The van der Waals surface area contributed by atoms with Gasteiger partial charge in [-0.25, -0.2) is 9.37 Å². The zero-order valence-electron chi connectivity index (χ0n) is 15.3. The molecule has 0 radical (unpaired) electrons. The van der Waals surface area contributed by atoms with Gasteiger partial charge < -0.3 is 14.8 Å². The Bertz CT molecular complexity index is 1100. The molecule has 0 aliphatic carbocycles. The van der Waals surface area contributed by atoms with Crippen molar-refractivity contribution in [3.8, 4) is 17.2 Å². The fraction of sp³-hybridized carbons (Fsp3) is 0.150. The summed E-state index contributed by atoms with van der Waals surface area (Å²) in [7, 11) is 0. The van der Waals surface area contributed by atoms with E-state index in [1.165, 1.54) is 30.8 Å². The molecule has 0 saturated heterocycles. The Kier molecular flexibility index (Phi) is 5.22. The van der Waals surface area contributed by atoms with Gasteiger partial charge in [0.15, 0.2) is 22.4 Å². The molecule has 7 nitrogen and oxygen atoms in total. The number of nitrogens with zero attached hydrogens (tertiary/aromatic N) is 2. The average Bonchev–Trinajstić information content (AvgIpc) is 3.34. The second-order valence-corrected chi connectivity index (χ2v) is 7.15. The van der Waals surface area contributed by atoms with E-state index >= 15 is 0 Å². The van der Waals surface area contributed by atoms with Gasteiger partial charge >= 0.3 is 0 Å². The van der Waals surface area contributed by atoms with Crippen molar-refractivity contribution in [1.82, 2.24) is 9.55 Å². The third kappa shape index (κ3) is 4.09. The highest BCUT2D eigenvalue weighted by molar-refractivity contribution is 7.99. The van der Waals surface area contributed by atoms with Crippen LogP contribution in [0.5, 0.6) is 11.5 Å². The lowest BCUT2D eigenvalue weighted by Crippen LogP contribution is -2.16. The molecule has 0 saturated carbocycles. The van der Waals surface area contributed by atoms with Crippen molar-refractivity contribution in [1.29, 1.82) is 0 Å². The molecule has 1 aliphatic heterocycles. The molecule has 0 spiro atoms. The molecular weight excluding hydrogens is 397 g/mol. The fourth-order valence-electron chi connectivity index (χ4n) is 2.87. The zero-order valence-corrected chi connectivity index (χ0v) is 16.2. The third-order valence-electron chi connectivity index (χ3n) is 4.19. The summed E-state index contributed by atoms with van der Waals surface area (Å²) in [6.45, 7) is 1.49. The lowest BCUT2D eigenvalue weighted by atomic mass is 10.1. The average molecular weight is 413 g/mol. The molecule has 2 heterocycles. The predicted octanol–water partition coefficient (Wildman–Crippen LogP) is 3.67. The number of hydrogen-bond donors (Lipinski definition) is 1. The first-order valence-electron chi connectivity index (χ1n) is 8.68. The van der Waals surface area contributed by atoms with E-state index in [9.17, 15) is 14.0 Å². The number of fused-ring (bicyclic) bond motifs is 1. The van der Waals surface area contributed by atoms with Crippen LogP contribution in [0, 0.1) is 5.82 Å². The molecule has 1 amide bonds. The van der Waals surface area contributed by atoms with E-state index in [4.69, 9.17) is 9.47 Å². The Balaban J connectivity index is 1.47. The van der Waals surface area contributed by atoms with Crippen LogP contribution >= 0.6 is 11.8 Å². The van der Waals surface area contributed by atoms with Crippen molar-refractivity contribution in [2.24, 2.45) is 0 Å². The van der Waals surface area contributed by atoms with Gasteiger partial charge in [-0.15, -0.1) is 0 Å². The Morgan fingerprint density at radius 2 is 2.03 bits per heavy atom. The number of benzene rings is 2. The molecule has 0 atom stereocenters. The number of hydrogen-bond acceptors (Lipinski definition) is 6. The molecule has 29 heavy (non-hydrogen) atoms. The van der Waals surface area contributed by atoms with E-state index in [1.54, 1.807) is 41.2 Å². The maximum atomic E-state index is 13.5. The number of Topliss-reactive ketones (excluding diaryl/α,β-unsaturated/α-hetero) is 1. The van der Waals surface area contributed by atoms with E-state index in [-0.39, 0.29) is 30.1 Å². The molecule has 1 N–H and O–H groups in total. The van der Waals surface area contributed by atoms with Crippen LogP contribution in [0.3, 0.4) is 0 Å². The number of imidazole rings is 1. The lowest BCUT2D eigenvalue weighted by molar-refractivity contribution is -0.113. The van der Waals surface area contributed by atoms with E-state index < -0.39 is 0 Å². The Morgan fingerprint density at radius 1 is 1.24 bits per heavy atom. The predicted molar refractivity (Wildman–Crippen MR) is 105 cm³/mol. The van der Waals surface area contributed by atoms with Gasteiger partial charge in [-0.05, 0) is 31.2 Å². The summed E-state index contributed by atoms with van der Waals surface area (Å²) in [5.41, 5.74) is 1.31. The lowest BCUT2D eigenvalue weighted by Gasteiger charge is -2.11. The van der Waals surface area contributed by atoms with Crippen LogP contribution in [-0.4, -0.2) is 33.8 Å². The van der Waals surface area contributed by atoms with Gasteiger partial charge in [0, 0.05) is 24.0 Å². The van der Waals surface area contributed by atoms with Crippen molar-refractivity contribution in [3.05, 3.63) is 60.2 Å². The monoisotopic (exact) mass is 413 g/mol. The number of amides is 1. The van der Waals surface area contributed by atoms with Crippen LogP contribution in [-0.2, 0) is 4.79 Å². The number of anilines is 1. The van der Waals surface area contributed by atoms with Crippen molar-refractivity contribution in [3.63, 3.8) is 0 Å². The number of ketones is 1. The molecule has 2 aromatic carbocycles. The topological polar surface area (TPSA) is 82.5 Å². The summed E-state index contributed by atoms with van der Waals surface area (Å²) in [6.07, 6.45) is 3.28. The van der Waals surface area contributed by atoms with Crippen LogP contribution in [0.25, 0.3) is 5.69 Å². The summed E-state index contributed by atoms with van der Waals surface area (Å²) in [5.74, 6) is 0.125. The fourth-order valence-corrected chi connectivity index (χ4v) is 3.65. The highest BCUT2D eigenvalue weighted by Crippen LogP contribution is 2.37. The molecule has 1 aromatic heterocycles. The Labute approximate surface area is 169 Å². The number of carbonyl (C=O) groups is 2.